The van der Waals surface area contributed by atoms with E-state index >= 15 is 0 Å². The summed E-state index contributed by atoms with van der Waals surface area (Å²) in [4.78, 5) is 18.7. The zero-order valence-corrected chi connectivity index (χ0v) is 16.3. The summed E-state index contributed by atoms with van der Waals surface area (Å²) in [5.74, 6) is 0.573. The molecular formula is C19H17BrN2O2S. The largest absolute Gasteiger partial charge is 0.487 e. The quantitative estimate of drug-likeness (QED) is 0.582. The maximum absolute atomic E-state index is 12.8. The lowest BCUT2D eigenvalue weighted by atomic mass is 10.1. The predicted octanol–water partition coefficient (Wildman–Crippen LogP) is 5.07. The van der Waals surface area contributed by atoms with E-state index < -0.39 is 0 Å². The average Bonchev–Trinajstić information content (AvgIpc) is 3.12. The van der Waals surface area contributed by atoms with Gasteiger partial charge in [-0.15, -0.1) is 11.3 Å². The van der Waals surface area contributed by atoms with Crippen molar-refractivity contribution >= 4 is 38.9 Å². The van der Waals surface area contributed by atoms with Gasteiger partial charge in [-0.1, -0.05) is 22.0 Å². The van der Waals surface area contributed by atoms with E-state index in [1.54, 1.807) is 29.6 Å². The third-order valence-electron chi connectivity index (χ3n) is 3.78. The van der Waals surface area contributed by atoms with Crippen molar-refractivity contribution in [3.63, 3.8) is 0 Å². The van der Waals surface area contributed by atoms with Crippen LogP contribution in [0.15, 0.2) is 57.8 Å². The molecule has 0 fully saturated rings. The molecule has 0 atom stereocenters. The molecule has 0 saturated carbocycles. The Balaban J connectivity index is 1.76. The van der Waals surface area contributed by atoms with E-state index in [1.165, 1.54) is 11.3 Å². The van der Waals surface area contributed by atoms with Crippen molar-refractivity contribution in [3.8, 4) is 5.75 Å². The van der Waals surface area contributed by atoms with Crippen LogP contribution in [0.2, 0.25) is 0 Å². The van der Waals surface area contributed by atoms with Crippen LogP contribution < -0.4 is 9.64 Å². The Morgan fingerprint density at radius 3 is 2.84 bits per heavy atom. The number of amides is 1. The van der Waals surface area contributed by atoms with Crippen molar-refractivity contribution in [2.75, 3.05) is 11.9 Å². The molecule has 0 aliphatic carbocycles. The molecule has 3 aromatic rings. The van der Waals surface area contributed by atoms with E-state index in [2.05, 4.69) is 20.9 Å². The fourth-order valence-corrected chi connectivity index (χ4v) is 3.50. The number of rotatable bonds is 5. The number of halogens is 1. The molecule has 6 heteroatoms. The number of hydrogen-bond donors (Lipinski definition) is 0. The second-order valence-electron chi connectivity index (χ2n) is 5.59. The van der Waals surface area contributed by atoms with Gasteiger partial charge in [0.05, 0.1) is 11.2 Å². The van der Waals surface area contributed by atoms with Crippen LogP contribution in [-0.2, 0) is 6.61 Å². The van der Waals surface area contributed by atoms with Gasteiger partial charge in [0.1, 0.15) is 12.4 Å². The van der Waals surface area contributed by atoms with E-state index in [0.717, 1.165) is 21.4 Å². The van der Waals surface area contributed by atoms with Crippen LogP contribution >= 0.6 is 27.3 Å². The Morgan fingerprint density at radius 1 is 1.28 bits per heavy atom. The van der Waals surface area contributed by atoms with Gasteiger partial charge < -0.3 is 9.64 Å². The number of carbonyl (C=O) groups excluding carboxylic acids is 1. The third-order valence-corrected chi connectivity index (χ3v) is 4.90. The van der Waals surface area contributed by atoms with Gasteiger partial charge in [-0.05, 0) is 48.9 Å². The minimum absolute atomic E-state index is 0.0791. The first-order valence-electron chi connectivity index (χ1n) is 7.69. The average molecular weight is 417 g/mol. The molecule has 4 nitrogen and oxygen atoms in total. The molecular weight excluding hydrogens is 400 g/mol. The topological polar surface area (TPSA) is 42.4 Å². The lowest BCUT2D eigenvalue weighted by molar-refractivity contribution is 0.0992. The number of ether oxygens (including phenoxy) is 1. The maximum atomic E-state index is 12.8. The maximum Gasteiger partial charge on any atom is 0.258 e. The summed E-state index contributed by atoms with van der Waals surface area (Å²) in [5.41, 5.74) is 5.14. The summed E-state index contributed by atoms with van der Waals surface area (Å²) in [6.07, 6.45) is 0. The Morgan fingerprint density at radius 2 is 2.12 bits per heavy atom. The first-order chi connectivity index (χ1) is 12.0. The second kappa shape index (κ2) is 7.80. The van der Waals surface area contributed by atoms with E-state index in [9.17, 15) is 4.79 Å². The summed E-state index contributed by atoms with van der Waals surface area (Å²) in [6, 6.07) is 13.1. The molecule has 1 heterocycles. The number of thiazole rings is 1. The van der Waals surface area contributed by atoms with E-state index in [4.69, 9.17) is 4.74 Å². The molecule has 1 aromatic heterocycles. The first-order valence-corrected chi connectivity index (χ1v) is 9.42. The van der Waals surface area contributed by atoms with Crippen molar-refractivity contribution < 1.29 is 9.53 Å². The van der Waals surface area contributed by atoms with E-state index in [1.807, 2.05) is 42.6 Å². The van der Waals surface area contributed by atoms with Crippen LogP contribution in [0, 0.1) is 6.92 Å². The van der Waals surface area contributed by atoms with Gasteiger partial charge in [0.25, 0.3) is 5.91 Å². The highest BCUT2D eigenvalue weighted by atomic mass is 79.9. The number of benzene rings is 2. The lowest BCUT2D eigenvalue weighted by Crippen LogP contribution is -2.26. The molecule has 0 bridgehead atoms. The minimum Gasteiger partial charge on any atom is -0.487 e. The third kappa shape index (κ3) is 4.27. The molecule has 0 aliphatic heterocycles. The number of carbonyl (C=O) groups is 1. The van der Waals surface area contributed by atoms with Gasteiger partial charge in [-0.3, -0.25) is 4.79 Å². The van der Waals surface area contributed by atoms with Crippen molar-refractivity contribution in [1.29, 1.82) is 0 Å². The molecule has 0 radical (unpaired) electrons. The molecule has 1 amide bonds. The first kappa shape index (κ1) is 17.6. The number of nitrogens with zero attached hydrogens (tertiary/aromatic N) is 2. The fraction of sp³-hybridized carbons (Fsp3) is 0.158. The summed E-state index contributed by atoms with van der Waals surface area (Å²) in [6.45, 7) is 2.38. The number of hydrogen-bond acceptors (Lipinski definition) is 4. The highest BCUT2D eigenvalue weighted by molar-refractivity contribution is 9.10. The zero-order valence-electron chi connectivity index (χ0n) is 13.9. The molecule has 0 aliphatic rings. The summed E-state index contributed by atoms with van der Waals surface area (Å²) < 4.78 is 6.73. The summed E-state index contributed by atoms with van der Waals surface area (Å²) in [5, 5.41) is 1.94. The van der Waals surface area contributed by atoms with Crippen LogP contribution in [-0.4, -0.2) is 17.9 Å². The van der Waals surface area contributed by atoms with Crippen LogP contribution in [0.3, 0.4) is 0 Å². The SMILES string of the molecule is Cc1cc(Br)ccc1N(C)C(=O)c1cccc(OCc2cscn2)c1. The minimum atomic E-state index is -0.0791. The number of aromatic nitrogens is 1. The van der Waals surface area contributed by atoms with Crippen molar-refractivity contribution in [3.05, 3.63) is 74.6 Å². The molecule has 0 N–H and O–H groups in total. The Kier molecular flexibility index (Phi) is 5.50. The van der Waals surface area contributed by atoms with E-state index in [-0.39, 0.29) is 5.91 Å². The van der Waals surface area contributed by atoms with Gasteiger partial charge in [0, 0.05) is 28.2 Å². The molecule has 128 valence electrons. The van der Waals surface area contributed by atoms with Crippen molar-refractivity contribution in [2.45, 2.75) is 13.5 Å². The summed E-state index contributed by atoms with van der Waals surface area (Å²) >= 11 is 4.98. The highest BCUT2D eigenvalue weighted by Crippen LogP contribution is 2.25. The molecule has 0 unspecified atom stereocenters. The van der Waals surface area contributed by atoms with Crippen LogP contribution in [0.25, 0.3) is 0 Å². The van der Waals surface area contributed by atoms with Gasteiger partial charge in [0.15, 0.2) is 0 Å². The van der Waals surface area contributed by atoms with Gasteiger partial charge in [0.2, 0.25) is 0 Å². The second-order valence-corrected chi connectivity index (χ2v) is 7.23. The van der Waals surface area contributed by atoms with E-state index in [0.29, 0.717) is 17.9 Å². The predicted molar refractivity (Wildman–Crippen MR) is 105 cm³/mol. The monoisotopic (exact) mass is 416 g/mol. The zero-order chi connectivity index (χ0) is 17.8. The molecule has 0 spiro atoms. The van der Waals surface area contributed by atoms with Crippen molar-refractivity contribution in [1.82, 2.24) is 4.98 Å². The summed E-state index contributed by atoms with van der Waals surface area (Å²) in [7, 11) is 1.78. The van der Waals surface area contributed by atoms with Gasteiger partial charge in [-0.25, -0.2) is 4.98 Å². The molecule has 2 aromatic carbocycles. The van der Waals surface area contributed by atoms with Crippen LogP contribution in [0.1, 0.15) is 21.6 Å². The Hall–Kier alpha value is -2.18. The molecule has 3 rings (SSSR count). The molecule has 0 saturated heterocycles. The number of anilines is 1. The normalized spacial score (nSPS) is 10.5. The Bertz CT molecular complexity index is 881. The van der Waals surface area contributed by atoms with Crippen LogP contribution in [0.4, 0.5) is 5.69 Å². The lowest BCUT2D eigenvalue weighted by Gasteiger charge is -2.20. The van der Waals surface area contributed by atoms with Gasteiger partial charge >= 0.3 is 0 Å². The highest BCUT2D eigenvalue weighted by Gasteiger charge is 2.16. The smallest absolute Gasteiger partial charge is 0.258 e. The van der Waals surface area contributed by atoms with Crippen molar-refractivity contribution in [2.24, 2.45) is 0 Å². The Labute approximate surface area is 159 Å². The molecule has 25 heavy (non-hydrogen) atoms. The van der Waals surface area contributed by atoms with Gasteiger partial charge in [-0.2, -0.15) is 0 Å². The number of aryl methyl sites for hydroxylation is 1. The van der Waals surface area contributed by atoms with Crippen LogP contribution in [0.5, 0.6) is 5.75 Å². The standard InChI is InChI=1S/C19H17BrN2O2S/c1-13-8-15(20)6-7-18(13)22(2)19(23)14-4-3-5-17(9-14)24-10-16-11-25-12-21-16/h3-9,11-12H,10H2,1-2H3. The fourth-order valence-electron chi connectivity index (χ4n) is 2.48.